The molecule has 0 radical (unpaired) electrons. The minimum Gasteiger partial charge on any atom is -0.497 e. The number of amides is 2. The van der Waals surface area contributed by atoms with E-state index in [0.29, 0.717) is 17.0 Å². The Morgan fingerprint density at radius 3 is 2.30 bits per heavy atom. The van der Waals surface area contributed by atoms with Gasteiger partial charge in [0.15, 0.2) is 0 Å². The van der Waals surface area contributed by atoms with Gasteiger partial charge in [-0.3, -0.25) is 9.59 Å². The van der Waals surface area contributed by atoms with Gasteiger partial charge in [-0.05, 0) is 42.0 Å². The highest BCUT2D eigenvalue weighted by molar-refractivity contribution is 6.39. The number of anilines is 1. The number of hydrazone groups is 1. The van der Waals surface area contributed by atoms with Crippen LogP contribution in [0, 0.1) is 5.82 Å². The fourth-order valence-electron chi connectivity index (χ4n) is 1.63. The predicted molar refractivity (Wildman–Crippen MR) is 83.8 cm³/mol. The van der Waals surface area contributed by atoms with E-state index in [9.17, 15) is 14.0 Å². The summed E-state index contributed by atoms with van der Waals surface area (Å²) in [6.45, 7) is 0. The molecule has 118 valence electrons. The molecule has 2 aromatic rings. The van der Waals surface area contributed by atoms with Crippen LogP contribution in [0.25, 0.3) is 0 Å². The highest BCUT2D eigenvalue weighted by Gasteiger charge is 2.12. The van der Waals surface area contributed by atoms with Gasteiger partial charge >= 0.3 is 11.8 Å². The number of methoxy groups -OCH3 is 1. The van der Waals surface area contributed by atoms with Crippen molar-refractivity contribution in [1.82, 2.24) is 5.43 Å². The molecule has 0 saturated heterocycles. The molecular formula is C16H14FN3O3. The number of carbonyl (C=O) groups excluding carboxylic acids is 2. The first kappa shape index (κ1) is 16.2. The van der Waals surface area contributed by atoms with E-state index in [4.69, 9.17) is 4.74 Å². The molecule has 0 aromatic heterocycles. The molecule has 2 rings (SSSR count). The lowest BCUT2D eigenvalue weighted by Crippen LogP contribution is -2.32. The van der Waals surface area contributed by atoms with Crippen molar-refractivity contribution in [3.8, 4) is 5.75 Å². The summed E-state index contributed by atoms with van der Waals surface area (Å²) < 4.78 is 17.7. The standard InChI is InChI=1S/C16H14FN3O3/c1-23-14-8-6-13(7-9-14)19-15(21)16(22)20-18-10-11-2-4-12(17)5-3-11/h2-10H,1H3,(H,19,21)(H,20,22)/b18-10-. The molecule has 0 saturated carbocycles. The Labute approximate surface area is 132 Å². The normalized spacial score (nSPS) is 10.3. The van der Waals surface area contributed by atoms with E-state index in [0.717, 1.165) is 0 Å². The Bertz CT molecular complexity index is 712. The van der Waals surface area contributed by atoms with Crippen LogP contribution in [0.3, 0.4) is 0 Å². The topological polar surface area (TPSA) is 79.8 Å². The van der Waals surface area contributed by atoms with Crippen molar-refractivity contribution in [2.75, 3.05) is 12.4 Å². The Morgan fingerprint density at radius 1 is 1.04 bits per heavy atom. The molecule has 0 spiro atoms. The number of halogens is 1. The lowest BCUT2D eigenvalue weighted by molar-refractivity contribution is -0.136. The van der Waals surface area contributed by atoms with Crippen LogP contribution in [0.5, 0.6) is 5.75 Å². The monoisotopic (exact) mass is 315 g/mol. The van der Waals surface area contributed by atoms with Gasteiger partial charge < -0.3 is 10.1 Å². The van der Waals surface area contributed by atoms with Gasteiger partial charge in [0.05, 0.1) is 13.3 Å². The van der Waals surface area contributed by atoms with Gasteiger partial charge in [0, 0.05) is 5.69 Å². The smallest absolute Gasteiger partial charge is 0.329 e. The summed E-state index contributed by atoms with van der Waals surface area (Å²) in [4.78, 5) is 23.3. The quantitative estimate of drug-likeness (QED) is 0.514. The maximum Gasteiger partial charge on any atom is 0.329 e. The second-order valence-electron chi connectivity index (χ2n) is 4.43. The van der Waals surface area contributed by atoms with E-state index in [1.54, 1.807) is 24.3 Å². The molecule has 6 nitrogen and oxygen atoms in total. The second-order valence-corrected chi connectivity index (χ2v) is 4.43. The first-order chi connectivity index (χ1) is 11.1. The van der Waals surface area contributed by atoms with E-state index in [-0.39, 0.29) is 5.82 Å². The number of hydrogen-bond acceptors (Lipinski definition) is 4. The van der Waals surface area contributed by atoms with Gasteiger partial charge in [-0.25, -0.2) is 9.82 Å². The molecule has 23 heavy (non-hydrogen) atoms. The fourth-order valence-corrected chi connectivity index (χ4v) is 1.63. The number of ether oxygens (including phenoxy) is 1. The average molecular weight is 315 g/mol. The first-order valence-corrected chi connectivity index (χ1v) is 6.62. The molecule has 0 aliphatic heterocycles. The van der Waals surface area contributed by atoms with Gasteiger partial charge in [0.1, 0.15) is 11.6 Å². The van der Waals surface area contributed by atoms with Crippen molar-refractivity contribution >= 4 is 23.7 Å². The molecule has 7 heteroatoms. The zero-order chi connectivity index (χ0) is 16.7. The Hall–Kier alpha value is -3.22. The van der Waals surface area contributed by atoms with Crippen LogP contribution in [0.15, 0.2) is 53.6 Å². The first-order valence-electron chi connectivity index (χ1n) is 6.62. The number of nitrogens with one attached hydrogen (secondary N) is 2. The molecule has 2 amide bonds. The van der Waals surface area contributed by atoms with Gasteiger partial charge in [0.25, 0.3) is 0 Å². The summed E-state index contributed by atoms with van der Waals surface area (Å²) in [5, 5.41) is 6.05. The minimum absolute atomic E-state index is 0.370. The number of nitrogens with zero attached hydrogens (tertiary/aromatic N) is 1. The van der Waals surface area contributed by atoms with E-state index in [2.05, 4.69) is 15.8 Å². The molecule has 2 aromatic carbocycles. The lowest BCUT2D eigenvalue weighted by Gasteiger charge is -2.05. The van der Waals surface area contributed by atoms with Crippen molar-refractivity contribution < 1.29 is 18.7 Å². The maximum absolute atomic E-state index is 12.7. The molecule has 0 aliphatic carbocycles. The van der Waals surface area contributed by atoms with Gasteiger partial charge in [-0.15, -0.1) is 0 Å². The summed E-state index contributed by atoms with van der Waals surface area (Å²) in [7, 11) is 1.53. The van der Waals surface area contributed by atoms with Crippen LogP contribution in [0.2, 0.25) is 0 Å². The van der Waals surface area contributed by atoms with E-state index < -0.39 is 11.8 Å². The molecule has 0 fully saturated rings. The van der Waals surface area contributed by atoms with Crippen LogP contribution in [0.4, 0.5) is 10.1 Å². The third-order valence-corrected chi connectivity index (χ3v) is 2.80. The number of carbonyl (C=O) groups is 2. The Kier molecular flexibility index (Phi) is 5.40. The number of benzene rings is 2. The van der Waals surface area contributed by atoms with E-state index in [1.165, 1.54) is 37.6 Å². The minimum atomic E-state index is -0.917. The maximum atomic E-state index is 12.7. The fraction of sp³-hybridized carbons (Fsp3) is 0.0625. The molecule has 0 heterocycles. The van der Waals surface area contributed by atoms with Gasteiger partial charge in [-0.2, -0.15) is 5.10 Å². The van der Waals surface area contributed by atoms with Gasteiger partial charge in [-0.1, -0.05) is 12.1 Å². The van der Waals surface area contributed by atoms with Crippen LogP contribution in [-0.2, 0) is 9.59 Å². The van der Waals surface area contributed by atoms with Crippen LogP contribution < -0.4 is 15.5 Å². The number of hydrogen-bond donors (Lipinski definition) is 2. The largest absolute Gasteiger partial charge is 0.497 e. The summed E-state index contributed by atoms with van der Waals surface area (Å²) in [6, 6.07) is 12.0. The van der Waals surface area contributed by atoms with Crippen molar-refractivity contribution in [2.45, 2.75) is 0 Å². The number of rotatable bonds is 4. The summed E-state index contributed by atoms with van der Waals surface area (Å²) >= 11 is 0. The van der Waals surface area contributed by atoms with Gasteiger partial charge in [0.2, 0.25) is 0 Å². The highest BCUT2D eigenvalue weighted by atomic mass is 19.1. The van der Waals surface area contributed by atoms with Crippen molar-refractivity contribution in [3.05, 3.63) is 59.9 Å². The zero-order valence-corrected chi connectivity index (χ0v) is 12.2. The molecule has 0 bridgehead atoms. The molecule has 2 N–H and O–H groups in total. The van der Waals surface area contributed by atoms with Crippen LogP contribution >= 0.6 is 0 Å². The average Bonchev–Trinajstić information content (AvgIpc) is 2.57. The molecule has 0 unspecified atom stereocenters. The molecule has 0 aliphatic rings. The van der Waals surface area contributed by atoms with Crippen LogP contribution in [-0.4, -0.2) is 25.1 Å². The molecular weight excluding hydrogens is 301 g/mol. The van der Waals surface area contributed by atoms with Crippen LogP contribution in [0.1, 0.15) is 5.56 Å². The predicted octanol–water partition coefficient (Wildman–Crippen LogP) is 1.92. The third-order valence-electron chi connectivity index (χ3n) is 2.80. The zero-order valence-electron chi connectivity index (χ0n) is 12.2. The second kappa shape index (κ2) is 7.69. The van der Waals surface area contributed by atoms with Crippen molar-refractivity contribution in [3.63, 3.8) is 0 Å². The summed E-state index contributed by atoms with van der Waals surface area (Å²) in [5.41, 5.74) is 3.13. The molecule has 0 atom stereocenters. The lowest BCUT2D eigenvalue weighted by atomic mass is 10.2. The van der Waals surface area contributed by atoms with E-state index in [1.807, 2.05) is 0 Å². The Morgan fingerprint density at radius 2 is 1.70 bits per heavy atom. The SMILES string of the molecule is COc1ccc(NC(=O)C(=O)N/N=C\c2ccc(F)cc2)cc1. The summed E-state index contributed by atoms with van der Waals surface area (Å²) in [6.07, 6.45) is 1.30. The van der Waals surface area contributed by atoms with Crippen molar-refractivity contribution in [2.24, 2.45) is 5.10 Å². The third kappa shape index (κ3) is 4.92. The highest BCUT2D eigenvalue weighted by Crippen LogP contribution is 2.14. The Balaban J connectivity index is 1.86. The summed E-state index contributed by atoms with van der Waals surface area (Å²) in [5.74, 6) is -1.51. The van der Waals surface area contributed by atoms with Crippen molar-refractivity contribution in [1.29, 1.82) is 0 Å². The van der Waals surface area contributed by atoms with E-state index >= 15 is 0 Å².